The highest BCUT2D eigenvalue weighted by atomic mass is 16.4. The second-order valence-corrected chi connectivity index (χ2v) is 3.95. The third kappa shape index (κ3) is 3.05. The third-order valence-corrected chi connectivity index (χ3v) is 2.57. The lowest BCUT2D eigenvalue weighted by atomic mass is 10.2. The number of carboxylic acid groups (broad SMARTS) is 1. The van der Waals surface area contributed by atoms with Crippen LogP contribution in [0.5, 0.6) is 0 Å². The molecule has 6 nitrogen and oxygen atoms in total. The number of aromatic nitrogens is 1. The van der Waals surface area contributed by atoms with Gasteiger partial charge in [0.15, 0.2) is 6.10 Å². The van der Waals surface area contributed by atoms with Crippen LogP contribution >= 0.6 is 0 Å². The van der Waals surface area contributed by atoms with E-state index in [0.717, 1.165) is 5.39 Å². The number of hydrogen-bond acceptors (Lipinski definition) is 4. The molecule has 0 unspecified atom stereocenters. The molecule has 0 spiro atoms. The largest absolute Gasteiger partial charge is 0.479 e. The van der Waals surface area contributed by atoms with Crippen molar-refractivity contribution in [1.82, 2.24) is 10.3 Å². The minimum Gasteiger partial charge on any atom is -0.479 e. The van der Waals surface area contributed by atoms with Crippen LogP contribution in [0.2, 0.25) is 0 Å². The zero-order valence-electron chi connectivity index (χ0n) is 9.91. The number of benzene rings is 1. The number of carbonyl (C=O) groups excluding carboxylic acids is 1. The van der Waals surface area contributed by atoms with Crippen LogP contribution < -0.4 is 5.32 Å². The Labute approximate surface area is 108 Å². The van der Waals surface area contributed by atoms with E-state index in [1.165, 1.54) is 0 Å². The summed E-state index contributed by atoms with van der Waals surface area (Å²) >= 11 is 0. The fraction of sp³-hybridized carbons (Fsp3) is 0.154. The van der Waals surface area contributed by atoms with Crippen LogP contribution in [0, 0.1) is 0 Å². The Kier molecular flexibility index (Phi) is 3.72. The first-order valence-corrected chi connectivity index (χ1v) is 5.63. The van der Waals surface area contributed by atoms with Crippen molar-refractivity contribution in [3.05, 3.63) is 42.1 Å². The summed E-state index contributed by atoms with van der Waals surface area (Å²) < 4.78 is 0. The standard InChI is InChI=1S/C13H12N2O4/c16-11(13(18)19)7-14-12(17)10-6-5-8-3-1-2-4-9(8)15-10/h1-6,11,16H,7H2,(H,14,17)(H,18,19)/t11-/m0/s1. The maximum Gasteiger partial charge on any atom is 0.334 e. The van der Waals surface area contributed by atoms with Gasteiger partial charge in [0.2, 0.25) is 0 Å². The Balaban J connectivity index is 2.11. The SMILES string of the molecule is O=C(NC[C@H](O)C(=O)O)c1ccc2ccccc2n1. The van der Waals surface area contributed by atoms with E-state index < -0.39 is 18.0 Å². The number of carbonyl (C=O) groups is 2. The molecule has 98 valence electrons. The van der Waals surface area contributed by atoms with E-state index in [2.05, 4.69) is 10.3 Å². The monoisotopic (exact) mass is 260 g/mol. The molecule has 0 saturated heterocycles. The van der Waals surface area contributed by atoms with Crippen LogP contribution in [-0.2, 0) is 4.79 Å². The molecule has 19 heavy (non-hydrogen) atoms. The molecular weight excluding hydrogens is 248 g/mol. The molecular formula is C13H12N2O4. The molecule has 2 aromatic rings. The Morgan fingerprint density at radius 1 is 1.21 bits per heavy atom. The van der Waals surface area contributed by atoms with E-state index in [-0.39, 0.29) is 12.2 Å². The summed E-state index contributed by atoms with van der Waals surface area (Å²) in [4.78, 5) is 26.3. The van der Waals surface area contributed by atoms with Crippen LogP contribution in [0.15, 0.2) is 36.4 Å². The lowest BCUT2D eigenvalue weighted by Crippen LogP contribution is -2.36. The number of para-hydroxylation sites is 1. The van der Waals surface area contributed by atoms with Crippen molar-refractivity contribution >= 4 is 22.8 Å². The predicted octanol–water partition coefficient (Wildman–Crippen LogP) is 0.410. The second kappa shape index (κ2) is 5.45. The second-order valence-electron chi connectivity index (χ2n) is 3.95. The van der Waals surface area contributed by atoms with Crippen LogP contribution in [0.4, 0.5) is 0 Å². The summed E-state index contributed by atoms with van der Waals surface area (Å²) in [5, 5.41) is 20.8. The topological polar surface area (TPSA) is 99.5 Å². The molecule has 0 aliphatic carbocycles. The number of fused-ring (bicyclic) bond motifs is 1. The first-order valence-electron chi connectivity index (χ1n) is 5.63. The fourth-order valence-electron chi connectivity index (χ4n) is 1.56. The Morgan fingerprint density at radius 3 is 2.68 bits per heavy atom. The summed E-state index contributed by atoms with van der Waals surface area (Å²) in [6.45, 7) is -0.358. The van der Waals surface area contributed by atoms with E-state index in [1.54, 1.807) is 18.2 Å². The number of aliphatic hydroxyl groups excluding tert-OH is 1. The number of pyridine rings is 1. The van der Waals surface area contributed by atoms with Gasteiger partial charge in [0.1, 0.15) is 5.69 Å². The molecule has 0 aliphatic rings. The van der Waals surface area contributed by atoms with E-state index >= 15 is 0 Å². The Hall–Kier alpha value is -2.47. The van der Waals surface area contributed by atoms with E-state index in [9.17, 15) is 9.59 Å². The number of aliphatic carboxylic acids is 1. The maximum atomic E-state index is 11.7. The summed E-state index contributed by atoms with van der Waals surface area (Å²) in [5.74, 6) is -1.90. The van der Waals surface area contributed by atoms with Gasteiger partial charge in [-0.05, 0) is 12.1 Å². The van der Waals surface area contributed by atoms with Gasteiger partial charge in [0, 0.05) is 5.39 Å². The Morgan fingerprint density at radius 2 is 1.95 bits per heavy atom. The molecule has 0 radical (unpaired) electrons. The van der Waals surface area contributed by atoms with Gasteiger partial charge in [0.05, 0.1) is 12.1 Å². The third-order valence-electron chi connectivity index (χ3n) is 2.57. The zero-order chi connectivity index (χ0) is 13.8. The highest BCUT2D eigenvalue weighted by Crippen LogP contribution is 2.11. The molecule has 2 rings (SSSR count). The average molecular weight is 260 g/mol. The van der Waals surface area contributed by atoms with Crippen molar-refractivity contribution < 1.29 is 19.8 Å². The van der Waals surface area contributed by atoms with Crippen LogP contribution in [0.3, 0.4) is 0 Å². The summed E-state index contributed by atoms with van der Waals surface area (Å²) in [6, 6.07) is 10.6. The van der Waals surface area contributed by atoms with Gasteiger partial charge in [-0.1, -0.05) is 24.3 Å². The molecule has 0 bridgehead atoms. The highest BCUT2D eigenvalue weighted by Gasteiger charge is 2.15. The van der Waals surface area contributed by atoms with Gasteiger partial charge in [-0.25, -0.2) is 9.78 Å². The van der Waals surface area contributed by atoms with Gasteiger partial charge < -0.3 is 15.5 Å². The molecule has 3 N–H and O–H groups in total. The summed E-state index contributed by atoms with van der Waals surface area (Å²) in [7, 11) is 0. The number of amides is 1. The normalized spacial score (nSPS) is 12.1. The van der Waals surface area contributed by atoms with E-state index in [1.807, 2.05) is 18.2 Å². The van der Waals surface area contributed by atoms with Crippen molar-refractivity contribution in [3.8, 4) is 0 Å². The van der Waals surface area contributed by atoms with Crippen molar-refractivity contribution in [2.75, 3.05) is 6.54 Å². The van der Waals surface area contributed by atoms with Gasteiger partial charge >= 0.3 is 5.97 Å². The van der Waals surface area contributed by atoms with E-state index in [4.69, 9.17) is 10.2 Å². The zero-order valence-corrected chi connectivity index (χ0v) is 9.91. The molecule has 0 saturated carbocycles. The van der Waals surface area contributed by atoms with Crippen molar-refractivity contribution in [3.63, 3.8) is 0 Å². The van der Waals surface area contributed by atoms with Crippen molar-refractivity contribution in [2.24, 2.45) is 0 Å². The fourth-order valence-corrected chi connectivity index (χ4v) is 1.56. The molecule has 1 atom stereocenters. The molecule has 1 amide bonds. The number of nitrogens with one attached hydrogen (secondary N) is 1. The minimum atomic E-state index is -1.62. The molecule has 0 fully saturated rings. The molecule has 0 aliphatic heterocycles. The first-order chi connectivity index (χ1) is 9.08. The quantitative estimate of drug-likeness (QED) is 0.739. The summed E-state index contributed by atoms with van der Waals surface area (Å²) in [5.41, 5.74) is 0.852. The molecule has 1 aromatic heterocycles. The number of aliphatic hydroxyl groups is 1. The maximum absolute atomic E-state index is 11.7. The molecule has 1 aromatic carbocycles. The van der Waals surface area contributed by atoms with E-state index in [0.29, 0.717) is 5.52 Å². The smallest absolute Gasteiger partial charge is 0.334 e. The predicted molar refractivity (Wildman–Crippen MR) is 67.7 cm³/mol. The van der Waals surface area contributed by atoms with Gasteiger partial charge in [0.25, 0.3) is 5.91 Å². The summed E-state index contributed by atoms with van der Waals surface area (Å²) in [6.07, 6.45) is -1.62. The average Bonchev–Trinajstić information content (AvgIpc) is 2.43. The molecule has 6 heteroatoms. The van der Waals surface area contributed by atoms with Crippen LogP contribution in [-0.4, -0.2) is 39.7 Å². The lowest BCUT2D eigenvalue weighted by molar-refractivity contribution is -0.146. The van der Waals surface area contributed by atoms with Crippen LogP contribution in [0.25, 0.3) is 10.9 Å². The number of rotatable bonds is 4. The van der Waals surface area contributed by atoms with Crippen LogP contribution in [0.1, 0.15) is 10.5 Å². The minimum absolute atomic E-state index is 0.177. The number of hydrogen-bond donors (Lipinski definition) is 3. The van der Waals surface area contributed by atoms with Crippen molar-refractivity contribution in [2.45, 2.75) is 6.10 Å². The number of nitrogens with zero attached hydrogens (tertiary/aromatic N) is 1. The van der Waals surface area contributed by atoms with Gasteiger partial charge in [-0.2, -0.15) is 0 Å². The highest BCUT2D eigenvalue weighted by molar-refractivity contribution is 5.95. The molecule has 1 heterocycles. The van der Waals surface area contributed by atoms with Crippen molar-refractivity contribution in [1.29, 1.82) is 0 Å². The number of carboxylic acids is 1. The van der Waals surface area contributed by atoms with Gasteiger partial charge in [-0.3, -0.25) is 4.79 Å². The first kappa shape index (κ1) is 13.0. The Bertz CT molecular complexity index is 627. The van der Waals surface area contributed by atoms with Gasteiger partial charge in [-0.15, -0.1) is 0 Å². The lowest BCUT2D eigenvalue weighted by Gasteiger charge is -2.07.